The van der Waals surface area contributed by atoms with Gasteiger partial charge in [-0.25, -0.2) is 4.79 Å². The maximum absolute atomic E-state index is 11.4. The van der Waals surface area contributed by atoms with Gasteiger partial charge in [-0.1, -0.05) is 13.8 Å². The monoisotopic (exact) mass is 200 g/mol. The van der Waals surface area contributed by atoms with Gasteiger partial charge < -0.3 is 15.4 Å². The van der Waals surface area contributed by atoms with Gasteiger partial charge in [0.15, 0.2) is 0 Å². The second-order valence-electron chi connectivity index (χ2n) is 4.13. The summed E-state index contributed by atoms with van der Waals surface area (Å²) in [6.07, 6.45) is 1.85. The highest BCUT2D eigenvalue weighted by Crippen LogP contribution is 2.05. The number of ether oxygens (including phenoxy) is 1. The molecule has 1 fully saturated rings. The molecule has 0 atom stereocenters. The fraction of sp³-hybridized carbons (Fsp3) is 0.900. The summed E-state index contributed by atoms with van der Waals surface area (Å²) in [5.41, 5.74) is 0. The molecule has 1 heterocycles. The Morgan fingerprint density at radius 1 is 1.43 bits per heavy atom. The molecule has 1 rings (SSSR count). The Labute approximate surface area is 85.4 Å². The second-order valence-corrected chi connectivity index (χ2v) is 4.13. The molecule has 0 aliphatic carbocycles. The summed E-state index contributed by atoms with van der Waals surface area (Å²) in [5.74, 6) is 0.496. The number of rotatable bonds is 3. The number of hydrogen-bond donors (Lipinski definition) is 2. The van der Waals surface area contributed by atoms with Crippen molar-refractivity contribution in [2.45, 2.75) is 32.7 Å². The van der Waals surface area contributed by atoms with E-state index < -0.39 is 0 Å². The van der Waals surface area contributed by atoms with E-state index in [1.54, 1.807) is 0 Å². The molecule has 0 bridgehead atoms. The first-order valence-electron chi connectivity index (χ1n) is 5.30. The Morgan fingerprint density at radius 3 is 2.64 bits per heavy atom. The summed E-state index contributed by atoms with van der Waals surface area (Å²) in [5, 5.41) is 5.78. The van der Waals surface area contributed by atoms with E-state index in [9.17, 15) is 4.79 Å². The number of urea groups is 1. The van der Waals surface area contributed by atoms with Gasteiger partial charge in [0.05, 0.1) is 0 Å². The lowest BCUT2D eigenvalue weighted by Gasteiger charge is -2.23. The van der Waals surface area contributed by atoms with Crippen LogP contribution in [-0.4, -0.2) is 31.8 Å². The zero-order valence-electron chi connectivity index (χ0n) is 9.01. The predicted molar refractivity (Wildman–Crippen MR) is 55.2 cm³/mol. The van der Waals surface area contributed by atoms with E-state index in [2.05, 4.69) is 24.5 Å². The highest BCUT2D eigenvalue weighted by molar-refractivity contribution is 5.74. The van der Waals surface area contributed by atoms with Crippen LogP contribution >= 0.6 is 0 Å². The summed E-state index contributed by atoms with van der Waals surface area (Å²) >= 11 is 0. The van der Waals surface area contributed by atoms with Gasteiger partial charge in [-0.3, -0.25) is 0 Å². The maximum Gasteiger partial charge on any atom is 0.315 e. The Morgan fingerprint density at radius 2 is 2.07 bits per heavy atom. The second kappa shape index (κ2) is 5.86. The van der Waals surface area contributed by atoms with E-state index in [0.717, 1.165) is 32.6 Å². The number of nitrogens with one attached hydrogen (secondary N) is 2. The lowest BCUT2D eigenvalue weighted by Crippen LogP contribution is -2.45. The molecule has 1 saturated heterocycles. The minimum atomic E-state index is -0.0504. The van der Waals surface area contributed by atoms with Gasteiger partial charge in [0, 0.05) is 25.8 Å². The lowest BCUT2D eigenvalue weighted by molar-refractivity contribution is 0.0800. The summed E-state index contributed by atoms with van der Waals surface area (Å²) < 4.78 is 5.21. The van der Waals surface area contributed by atoms with E-state index in [0.29, 0.717) is 5.92 Å². The van der Waals surface area contributed by atoms with Crippen molar-refractivity contribution in [1.29, 1.82) is 0 Å². The van der Waals surface area contributed by atoms with Gasteiger partial charge in [0.2, 0.25) is 0 Å². The van der Waals surface area contributed by atoms with Gasteiger partial charge in [0.1, 0.15) is 0 Å². The van der Waals surface area contributed by atoms with Crippen LogP contribution in [0.4, 0.5) is 4.79 Å². The maximum atomic E-state index is 11.4. The molecule has 0 saturated carbocycles. The molecule has 82 valence electrons. The summed E-state index contributed by atoms with van der Waals surface area (Å²) in [4.78, 5) is 11.4. The quantitative estimate of drug-likeness (QED) is 0.717. The van der Waals surface area contributed by atoms with Crippen molar-refractivity contribution in [3.8, 4) is 0 Å². The molecular formula is C10H20N2O2. The molecule has 0 spiro atoms. The number of hydrogen-bond acceptors (Lipinski definition) is 2. The van der Waals surface area contributed by atoms with Crippen LogP contribution in [0.5, 0.6) is 0 Å². The largest absolute Gasteiger partial charge is 0.381 e. The van der Waals surface area contributed by atoms with Gasteiger partial charge in [0.25, 0.3) is 0 Å². The molecule has 0 aromatic heterocycles. The molecule has 4 heteroatoms. The molecule has 0 aromatic carbocycles. The molecule has 4 nitrogen and oxygen atoms in total. The normalized spacial score (nSPS) is 18.2. The van der Waals surface area contributed by atoms with Crippen LogP contribution in [0.25, 0.3) is 0 Å². The predicted octanol–water partition coefficient (Wildman–Crippen LogP) is 1.12. The van der Waals surface area contributed by atoms with Crippen molar-refractivity contribution in [2.24, 2.45) is 5.92 Å². The Balaban J connectivity index is 2.12. The van der Waals surface area contributed by atoms with Gasteiger partial charge in [-0.2, -0.15) is 0 Å². The summed E-state index contributed by atoms with van der Waals surface area (Å²) in [7, 11) is 0. The average Bonchev–Trinajstić information content (AvgIpc) is 2.16. The first kappa shape index (κ1) is 11.3. The average molecular weight is 200 g/mol. The third-order valence-corrected chi connectivity index (χ3v) is 2.23. The van der Waals surface area contributed by atoms with Crippen LogP contribution in [0.15, 0.2) is 0 Å². The SMILES string of the molecule is CC(C)CNC(=O)NC1CCOCC1. The first-order chi connectivity index (χ1) is 6.68. The topological polar surface area (TPSA) is 50.4 Å². The molecular weight excluding hydrogens is 180 g/mol. The number of carbonyl (C=O) groups is 1. The smallest absolute Gasteiger partial charge is 0.315 e. The van der Waals surface area contributed by atoms with Crippen LogP contribution < -0.4 is 10.6 Å². The third kappa shape index (κ3) is 4.46. The molecule has 2 N–H and O–H groups in total. The standard InChI is InChI=1S/C10H20N2O2/c1-8(2)7-11-10(13)12-9-3-5-14-6-4-9/h8-9H,3-7H2,1-2H3,(H2,11,12,13). The minimum Gasteiger partial charge on any atom is -0.381 e. The van der Waals surface area contributed by atoms with E-state index in [4.69, 9.17) is 4.74 Å². The molecule has 1 aliphatic heterocycles. The lowest BCUT2D eigenvalue weighted by atomic mass is 10.1. The van der Waals surface area contributed by atoms with E-state index >= 15 is 0 Å². The van der Waals surface area contributed by atoms with Crippen molar-refractivity contribution >= 4 is 6.03 Å². The highest BCUT2D eigenvalue weighted by atomic mass is 16.5. The Kier molecular flexibility index (Phi) is 4.73. The fourth-order valence-corrected chi connectivity index (χ4v) is 1.38. The van der Waals surface area contributed by atoms with Crippen molar-refractivity contribution in [3.63, 3.8) is 0 Å². The van der Waals surface area contributed by atoms with Crippen LogP contribution in [0.2, 0.25) is 0 Å². The Hall–Kier alpha value is -0.770. The zero-order valence-corrected chi connectivity index (χ0v) is 9.01. The first-order valence-corrected chi connectivity index (χ1v) is 5.30. The summed E-state index contributed by atoms with van der Waals surface area (Å²) in [6.45, 7) is 6.41. The van der Waals surface area contributed by atoms with Crippen molar-refractivity contribution in [3.05, 3.63) is 0 Å². The number of amides is 2. The van der Waals surface area contributed by atoms with Gasteiger partial charge >= 0.3 is 6.03 Å². The van der Waals surface area contributed by atoms with E-state index in [1.165, 1.54) is 0 Å². The van der Waals surface area contributed by atoms with Crippen molar-refractivity contribution in [1.82, 2.24) is 10.6 Å². The Bertz CT molecular complexity index is 177. The van der Waals surface area contributed by atoms with Crippen LogP contribution in [0, 0.1) is 5.92 Å². The molecule has 0 aromatic rings. The highest BCUT2D eigenvalue weighted by Gasteiger charge is 2.15. The van der Waals surface area contributed by atoms with Gasteiger partial charge in [-0.05, 0) is 18.8 Å². The minimum absolute atomic E-state index is 0.0504. The third-order valence-electron chi connectivity index (χ3n) is 2.23. The van der Waals surface area contributed by atoms with Crippen molar-refractivity contribution < 1.29 is 9.53 Å². The van der Waals surface area contributed by atoms with E-state index in [1.807, 2.05) is 0 Å². The molecule has 1 aliphatic rings. The summed E-state index contributed by atoms with van der Waals surface area (Å²) in [6, 6.07) is 0.238. The van der Waals surface area contributed by atoms with Gasteiger partial charge in [-0.15, -0.1) is 0 Å². The fourth-order valence-electron chi connectivity index (χ4n) is 1.38. The molecule has 14 heavy (non-hydrogen) atoms. The molecule has 0 radical (unpaired) electrons. The van der Waals surface area contributed by atoms with E-state index in [-0.39, 0.29) is 12.1 Å². The molecule has 0 unspecified atom stereocenters. The molecule has 2 amide bonds. The van der Waals surface area contributed by atoms with Crippen LogP contribution in [0.1, 0.15) is 26.7 Å². The zero-order chi connectivity index (χ0) is 10.4. The number of carbonyl (C=O) groups excluding carboxylic acids is 1. The van der Waals surface area contributed by atoms with Crippen molar-refractivity contribution in [2.75, 3.05) is 19.8 Å². The van der Waals surface area contributed by atoms with Crippen LogP contribution in [0.3, 0.4) is 0 Å². The van der Waals surface area contributed by atoms with Crippen LogP contribution in [-0.2, 0) is 4.74 Å².